The number of aromatic nitrogens is 2. The Balaban J connectivity index is 0.00000272. The predicted octanol–water partition coefficient (Wildman–Crippen LogP) is -3.48. The molecule has 0 atom stereocenters. The van der Waals surface area contributed by atoms with E-state index < -0.39 is 0 Å². The van der Waals surface area contributed by atoms with Crippen LogP contribution in [0.25, 0.3) is 33.6 Å². The van der Waals surface area contributed by atoms with Gasteiger partial charge in [-0.1, -0.05) is 36.4 Å². The minimum atomic E-state index is 0. The Morgan fingerprint density at radius 2 is 1.21 bits per heavy atom. The molecule has 4 rings (SSSR count). The molecule has 2 aromatic carbocycles. The number of para-hydroxylation sites is 1. The van der Waals surface area contributed by atoms with Crippen molar-refractivity contribution in [3.05, 3.63) is 78.1 Å². The van der Waals surface area contributed by atoms with Crippen LogP contribution in [-0.4, -0.2) is 27.3 Å². The van der Waals surface area contributed by atoms with Crippen LogP contribution >= 0.6 is 0 Å². The summed E-state index contributed by atoms with van der Waals surface area (Å²) in [7, 11) is 1.52. The maximum absolute atomic E-state index is 10.4. The van der Waals surface area contributed by atoms with E-state index in [0.29, 0.717) is 11.3 Å². The molecule has 0 fully saturated rings. The summed E-state index contributed by atoms with van der Waals surface area (Å²) in [6.45, 7) is 3.88. The van der Waals surface area contributed by atoms with Crippen LogP contribution in [0.5, 0.6) is 17.2 Å². The molecule has 2 heterocycles. The standard InChI is InChI=1S/C25H22N2O3.3ClH.Mn/c1-15-7-10-20(24(28)16(15)2)18-9-12-22(27-14-18)21-11-8-17(13-26-21)19-5-4-6-23(30-3)25(19)29;;;;/h4-14,28-29H,1-3H3;3*1H;/q;;;;+3/p-3. The predicted molar refractivity (Wildman–Crippen MR) is 118 cm³/mol. The van der Waals surface area contributed by atoms with Gasteiger partial charge in [0.2, 0.25) is 0 Å². The van der Waals surface area contributed by atoms with Gasteiger partial charge in [-0.2, -0.15) is 0 Å². The third-order valence-electron chi connectivity index (χ3n) is 5.33. The average Bonchev–Trinajstić information content (AvgIpc) is 2.78. The molecule has 0 aliphatic rings. The second-order valence-electron chi connectivity index (χ2n) is 7.12. The second-order valence-corrected chi connectivity index (χ2v) is 7.12. The smallest absolute Gasteiger partial charge is 1.00 e. The fourth-order valence-corrected chi connectivity index (χ4v) is 3.36. The Morgan fingerprint density at radius 3 is 1.68 bits per heavy atom. The van der Waals surface area contributed by atoms with E-state index in [0.717, 1.165) is 39.2 Å². The molecule has 5 nitrogen and oxygen atoms in total. The first-order valence-corrected chi connectivity index (χ1v) is 9.58. The number of nitrogens with zero attached hydrogens (tertiary/aromatic N) is 2. The summed E-state index contributed by atoms with van der Waals surface area (Å²) in [5, 5.41) is 20.8. The number of benzene rings is 2. The zero-order valence-corrected chi connectivity index (χ0v) is 22.0. The number of pyridine rings is 2. The Morgan fingerprint density at radius 1 is 0.676 bits per heavy atom. The van der Waals surface area contributed by atoms with Crippen LogP contribution in [0.1, 0.15) is 11.1 Å². The first-order valence-electron chi connectivity index (χ1n) is 9.58. The van der Waals surface area contributed by atoms with Crippen molar-refractivity contribution in [3.63, 3.8) is 0 Å². The van der Waals surface area contributed by atoms with Gasteiger partial charge in [-0.3, -0.25) is 9.97 Å². The molecule has 0 bridgehead atoms. The van der Waals surface area contributed by atoms with Crippen LogP contribution in [0.4, 0.5) is 0 Å². The van der Waals surface area contributed by atoms with E-state index in [9.17, 15) is 10.2 Å². The third kappa shape index (κ3) is 6.15. The maximum Gasteiger partial charge on any atom is 3.00 e. The Bertz CT molecular complexity index is 1220. The number of methoxy groups -OCH3 is 1. The largest absolute Gasteiger partial charge is 3.00 e. The van der Waals surface area contributed by atoms with E-state index in [1.807, 2.05) is 62.4 Å². The van der Waals surface area contributed by atoms with Gasteiger partial charge in [-0.05, 0) is 43.2 Å². The topological polar surface area (TPSA) is 75.5 Å². The zero-order valence-electron chi connectivity index (χ0n) is 18.6. The zero-order chi connectivity index (χ0) is 21.3. The molecule has 0 saturated heterocycles. The van der Waals surface area contributed by atoms with Gasteiger partial charge in [-0.15, -0.1) is 0 Å². The molecule has 2 N–H and O–H groups in total. The summed E-state index contributed by atoms with van der Waals surface area (Å²) in [6.07, 6.45) is 3.44. The minimum absolute atomic E-state index is 0. The first-order chi connectivity index (χ1) is 14.5. The van der Waals surface area contributed by atoms with Gasteiger partial charge in [0, 0.05) is 34.6 Å². The average molecular weight is 560 g/mol. The molecule has 0 spiro atoms. The van der Waals surface area contributed by atoms with Gasteiger partial charge >= 0.3 is 17.1 Å². The molecule has 0 aliphatic heterocycles. The number of aryl methyl sites for hydroxylation is 1. The van der Waals surface area contributed by atoms with E-state index in [1.54, 1.807) is 18.5 Å². The van der Waals surface area contributed by atoms with E-state index in [2.05, 4.69) is 9.97 Å². The van der Waals surface area contributed by atoms with E-state index in [4.69, 9.17) is 4.74 Å². The summed E-state index contributed by atoms with van der Waals surface area (Å²) < 4.78 is 5.17. The normalized spacial score (nSPS) is 9.50. The van der Waals surface area contributed by atoms with Crippen LogP contribution in [0.15, 0.2) is 67.0 Å². The quantitative estimate of drug-likeness (QED) is 0.254. The van der Waals surface area contributed by atoms with Crippen molar-refractivity contribution in [1.82, 2.24) is 9.97 Å². The van der Waals surface area contributed by atoms with Crippen LogP contribution in [0.3, 0.4) is 0 Å². The van der Waals surface area contributed by atoms with Crippen molar-refractivity contribution in [2.24, 2.45) is 0 Å². The number of hydrogen-bond acceptors (Lipinski definition) is 5. The molecule has 0 amide bonds. The Hall–Kier alpha value is -2.47. The van der Waals surface area contributed by atoms with Crippen LogP contribution in [-0.2, 0) is 17.1 Å². The van der Waals surface area contributed by atoms with Crippen molar-refractivity contribution in [2.75, 3.05) is 7.11 Å². The molecule has 0 unspecified atom stereocenters. The van der Waals surface area contributed by atoms with E-state index in [-0.39, 0.29) is 65.8 Å². The maximum atomic E-state index is 10.4. The summed E-state index contributed by atoms with van der Waals surface area (Å²) in [6, 6.07) is 16.8. The third-order valence-corrected chi connectivity index (χ3v) is 5.33. The van der Waals surface area contributed by atoms with Crippen molar-refractivity contribution >= 4 is 0 Å². The fraction of sp³-hybridized carbons (Fsp3) is 0.120. The molecule has 34 heavy (non-hydrogen) atoms. The van der Waals surface area contributed by atoms with E-state index in [1.165, 1.54) is 7.11 Å². The number of hydrogen-bond donors (Lipinski definition) is 2. The van der Waals surface area contributed by atoms with Crippen molar-refractivity contribution in [1.29, 1.82) is 0 Å². The van der Waals surface area contributed by atoms with Gasteiger partial charge in [0.25, 0.3) is 0 Å². The number of phenols is 2. The van der Waals surface area contributed by atoms with Gasteiger partial charge in [-0.25, -0.2) is 0 Å². The van der Waals surface area contributed by atoms with Crippen molar-refractivity contribution in [2.45, 2.75) is 13.8 Å². The summed E-state index contributed by atoms with van der Waals surface area (Å²) in [5.74, 6) is 0.791. The summed E-state index contributed by atoms with van der Waals surface area (Å²) >= 11 is 0. The molecule has 4 aromatic rings. The summed E-state index contributed by atoms with van der Waals surface area (Å²) in [5.41, 5.74) is 6.40. The minimum Gasteiger partial charge on any atom is -1.00 e. The Kier molecular flexibility index (Phi) is 12.5. The van der Waals surface area contributed by atoms with Gasteiger partial charge in [0.05, 0.1) is 18.5 Å². The number of rotatable bonds is 4. The van der Waals surface area contributed by atoms with Gasteiger partial charge in [0.15, 0.2) is 11.5 Å². The van der Waals surface area contributed by atoms with Gasteiger partial charge in [0.1, 0.15) is 5.75 Å². The van der Waals surface area contributed by atoms with E-state index >= 15 is 0 Å². The Labute approximate surface area is 228 Å². The summed E-state index contributed by atoms with van der Waals surface area (Å²) in [4.78, 5) is 9.03. The van der Waals surface area contributed by atoms with Crippen molar-refractivity contribution in [3.8, 4) is 50.9 Å². The van der Waals surface area contributed by atoms with Gasteiger partial charge < -0.3 is 52.2 Å². The van der Waals surface area contributed by atoms with Crippen molar-refractivity contribution < 1.29 is 69.2 Å². The SMILES string of the molecule is COc1cccc(-c2ccc(-c3ccc(-c4ccc(C)c(C)c4O)cn3)nc2)c1O.[Cl-].[Cl-].[Cl-].[Mn+3]. The molecule has 0 radical (unpaired) electrons. The first kappa shape index (κ1) is 31.5. The molecular weight excluding hydrogens is 538 g/mol. The molecule has 9 heteroatoms. The number of halogens is 3. The van der Waals surface area contributed by atoms with Crippen LogP contribution in [0.2, 0.25) is 0 Å². The van der Waals surface area contributed by atoms with Crippen LogP contribution < -0.4 is 42.0 Å². The molecule has 178 valence electrons. The monoisotopic (exact) mass is 558 g/mol. The number of ether oxygens (including phenoxy) is 1. The molecule has 0 saturated carbocycles. The molecular formula is C25H22Cl3MnN2O3. The fourth-order valence-electron chi connectivity index (χ4n) is 3.36. The molecule has 2 aromatic heterocycles. The number of phenolic OH excluding ortho intramolecular Hbond substituents is 2. The second kappa shape index (κ2) is 13.4. The van der Waals surface area contributed by atoms with Crippen LogP contribution in [0, 0.1) is 13.8 Å². The number of aromatic hydroxyl groups is 2. The molecule has 0 aliphatic carbocycles.